The first kappa shape index (κ1) is 17.3. The Morgan fingerprint density at radius 1 is 0.923 bits per heavy atom. The second kappa shape index (κ2) is 8.02. The van der Waals surface area contributed by atoms with E-state index in [0.29, 0.717) is 16.8 Å². The van der Waals surface area contributed by atoms with Gasteiger partial charge in [0.1, 0.15) is 6.10 Å². The van der Waals surface area contributed by atoms with Crippen LogP contribution in [0, 0.1) is 0 Å². The minimum absolute atomic E-state index is 0.231. The van der Waals surface area contributed by atoms with E-state index in [0.717, 1.165) is 5.56 Å². The van der Waals surface area contributed by atoms with Crippen molar-refractivity contribution in [2.24, 2.45) is 0 Å². The molecular weight excluding hydrogens is 330 g/mol. The van der Waals surface area contributed by atoms with E-state index in [-0.39, 0.29) is 5.91 Å². The van der Waals surface area contributed by atoms with Gasteiger partial charge >= 0.3 is 5.97 Å². The Balaban J connectivity index is 1.68. The van der Waals surface area contributed by atoms with E-state index >= 15 is 0 Å². The number of hydrogen-bond acceptors (Lipinski definition) is 5. The van der Waals surface area contributed by atoms with Gasteiger partial charge < -0.3 is 10.1 Å². The van der Waals surface area contributed by atoms with E-state index < -0.39 is 12.1 Å². The van der Waals surface area contributed by atoms with Gasteiger partial charge in [-0.1, -0.05) is 12.1 Å². The molecule has 1 unspecified atom stereocenters. The van der Waals surface area contributed by atoms with Crippen LogP contribution in [-0.4, -0.2) is 21.8 Å². The summed E-state index contributed by atoms with van der Waals surface area (Å²) in [6.45, 7) is 1.78. The number of ether oxygens (including phenoxy) is 1. The highest BCUT2D eigenvalue weighted by Crippen LogP contribution is 2.22. The fourth-order valence-corrected chi connectivity index (χ4v) is 2.36. The minimum Gasteiger partial charge on any atom is -0.454 e. The van der Waals surface area contributed by atoms with Gasteiger partial charge in [-0.2, -0.15) is 0 Å². The number of carbonyl (C=O) groups excluding carboxylic acids is 2. The quantitative estimate of drug-likeness (QED) is 0.713. The van der Waals surface area contributed by atoms with Crippen molar-refractivity contribution in [2.75, 3.05) is 5.32 Å². The number of benzene rings is 1. The van der Waals surface area contributed by atoms with Gasteiger partial charge in [0, 0.05) is 36.0 Å². The smallest absolute Gasteiger partial charge is 0.338 e. The molecule has 0 spiro atoms. The number of esters is 1. The molecule has 130 valence electrons. The lowest BCUT2D eigenvalue weighted by Gasteiger charge is -2.15. The van der Waals surface area contributed by atoms with E-state index in [2.05, 4.69) is 15.3 Å². The lowest BCUT2D eigenvalue weighted by Crippen LogP contribution is -2.13. The number of rotatable bonds is 5. The summed E-state index contributed by atoms with van der Waals surface area (Å²) in [7, 11) is 0. The Hall–Kier alpha value is -3.54. The van der Waals surface area contributed by atoms with Crippen LogP contribution in [0.4, 0.5) is 5.69 Å². The van der Waals surface area contributed by atoms with Gasteiger partial charge in [0.15, 0.2) is 0 Å². The fraction of sp³-hybridized carbons (Fsp3) is 0.100. The summed E-state index contributed by atoms with van der Waals surface area (Å²) in [6, 6.07) is 13.7. The third-order valence-corrected chi connectivity index (χ3v) is 3.76. The molecule has 3 aromatic rings. The molecule has 0 aliphatic rings. The van der Waals surface area contributed by atoms with Crippen LogP contribution in [0.25, 0.3) is 0 Å². The number of carbonyl (C=O) groups is 2. The van der Waals surface area contributed by atoms with Gasteiger partial charge in [-0.3, -0.25) is 14.8 Å². The maximum atomic E-state index is 12.2. The Morgan fingerprint density at radius 3 is 2.19 bits per heavy atom. The number of aromatic nitrogens is 2. The molecule has 0 saturated carbocycles. The van der Waals surface area contributed by atoms with Gasteiger partial charge in [-0.05, 0) is 48.9 Å². The van der Waals surface area contributed by atoms with Crippen molar-refractivity contribution in [3.8, 4) is 0 Å². The molecule has 1 aromatic carbocycles. The average molecular weight is 347 g/mol. The van der Waals surface area contributed by atoms with Crippen LogP contribution in [0.1, 0.15) is 39.3 Å². The van der Waals surface area contributed by atoms with Crippen molar-refractivity contribution < 1.29 is 14.3 Å². The third kappa shape index (κ3) is 4.30. The summed E-state index contributed by atoms with van der Waals surface area (Å²) in [5, 5.41) is 2.82. The van der Waals surface area contributed by atoms with E-state index in [9.17, 15) is 9.59 Å². The Bertz CT molecular complexity index is 898. The molecule has 6 heteroatoms. The highest BCUT2D eigenvalue weighted by Gasteiger charge is 2.14. The number of hydrogen-bond donors (Lipinski definition) is 1. The Kier molecular flexibility index (Phi) is 5.34. The Labute approximate surface area is 150 Å². The number of nitrogens with zero attached hydrogens (tertiary/aromatic N) is 2. The van der Waals surface area contributed by atoms with Crippen molar-refractivity contribution in [3.05, 3.63) is 90.0 Å². The SMILES string of the molecule is CC(OC(=O)c1ccncc1)c1cccc(NC(=O)c2ccncc2)c1. The summed E-state index contributed by atoms with van der Waals surface area (Å²) in [6.07, 6.45) is 5.73. The van der Waals surface area contributed by atoms with Crippen LogP contribution >= 0.6 is 0 Å². The molecule has 2 heterocycles. The maximum absolute atomic E-state index is 12.2. The lowest BCUT2D eigenvalue weighted by atomic mass is 10.1. The molecule has 2 aromatic heterocycles. The zero-order chi connectivity index (χ0) is 18.4. The molecule has 3 rings (SSSR count). The second-order valence-corrected chi connectivity index (χ2v) is 5.60. The van der Waals surface area contributed by atoms with Gasteiger partial charge in [-0.15, -0.1) is 0 Å². The third-order valence-electron chi connectivity index (χ3n) is 3.76. The number of amides is 1. The zero-order valence-corrected chi connectivity index (χ0v) is 14.1. The first-order valence-corrected chi connectivity index (χ1v) is 8.06. The molecule has 0 aliphatic heterocycles. The standard InChI is InChI=1S/C20H17N3O3/c1-14(26-20(25)16-7-11-22-12-8-16)17-3-2-4-18(13-17)23-19(24)15-5-9-21-10-6-15/h2-14H,1H3,(H,23,24). The predicted octanol–water partition coefficient (Wildman–Crippen LogP) is 3.65. The molecule has 26 heavy (non-hydrogen) atoms. The summed E-state index contributed by atoms with van der Waals surface area (Å²) in [5.41, 5.74) is 2.35. The number of nitrogens with one attached hydrogen (secondary N) is 1. The van der Waals surface area contributed by atoms with Crippen molar-refractivity contribution in [1.82, 2.24) is 9.97 Å². The molecule has 0 radical (unpaired) electrons. The highest BCUT2D eigenvalue weighted by molar-refractivity contribution is 6.04. The van der Waals surface area contributed by atoms with E-state index in [1.54, 1.807) is 61.8 Å². The molecule has 0 aliphatic carbocycles. The molecule has 0 bridgehead atoms. The highest BCUT2D eigenvalue weighted by atomic mass is 16.5. The van der Waals surface area contributed by atoms with E-state index in [1.807, 2.05) is 6.07 Å². The van der Waals surface area contributed by atoms with Crippen LogP contribution in [0.5, 0.6) is 0 Å². The second-order valence-electron chi connectivity index (χ2n) is 5.60. The summed E-state index contributed by atoms with van der Waals surface area (Å²) < 4.78 is 5.48. The van der Waals surface area contributed by atoms with Crippen molar-refractivity contribution in [3.63, 3.8) is 0 Å². The monoisotopic (exact) mass is 347 g/mol. The topological polar surface area (TPSA) is 81.2 Å². The predicted molar refractivity (Wildman–Crippen MR) is 96.7 cm³/mol. The lowest BCUT2D eigenvalue weighted by molar-refractivity contribution is 0.0337. The number of pyridine rings is 2. The van der Waals surface area contributed by atoms with Crippen molar-refractivity contribution in [1.29, 1.82) is 0 Å². The summed E-state index contributed by atoms with van der Waals surface area (Å²) >= 11 is 0. The number of anilines is 1. The van der Waals surface area contributed by atoms with Gasteiger partial charge in [0.05, 0.1) is 5.56 Å². The van der Waals surface area contributed by atoms with Gasteiger partial charge in [0.25, 0.3) is 5.91 Å². The largest absolute Gasteiger partial charge is 0.454 e. The molecule has 0 saturated heterocycles. The zero-order valence-electron chi connectivity index (χ0n) is 14.1. The molecule has 1 atom stereocenters. The first-order valence-electron chi connectivity index (χ1n) is 8.06. The minimum atomic E-state index is -0.464. The maximum Gasteiger partial charge on any atom is 0.338 e. The van der Waals surface area contributed by atoms with Crippen molar-refractivity contribution in [2.45, 2.75) is 13.0 Å². The fourth-order valence-electron chi connectivity index (χ4n) is 2.36. The summed E-state index contributed by atoms with van der Waals surface area (Å²) in [5.74, 6) is -0.655. The van der Waals surface area contributed by atoms with Crippen LogP contribution in [-0.2, 0) is 4.74 Å². The normalized spacial score (nSPS) is 11.4. The molecule has 1 amide bonds. The molecule has 1 N–H and O–H groups in total. The first-order chi connectivity index (χ1) is 12.6. The van der Waals surface area contributed by atoms with Crippen LogP contribution in [0.2, 0.25) is 0 Å². The van der Waals surface area contributed by atoms with E-state index in [4.69, 9.17) is 4.74 Å². The van der Waals surface area contributed by atoms with Gasteiger partial charge in [-0.25, -0.2) is 4.79 Å². The van der Waals surface area contributed by atoms with Gasteiger partial charge in [0.2, 0.25) is 0 Å². The Morgan fingerprint density at radius 2 is 1.54 bits per heavy atom. The molecular formula is C20H17N3O3. The van der Waals surface area contributed by atoms with Crippen molar-refractivity contribution >= 4 is 17.6 Å². The van der Waals surface area contributed by atoms with Crippen LogP contribution in [0.15, 0.2) is 73.3 Å². The summed E-state index contributed by atoms with van der Waals surface area (Å²) in [4.78, 5) is 32.1. The average Bonchev–Trinajstić information content (AvgIpc) is 2.69. The van der Waals surface area contributed by atoms with Crippen LogP contribution in [0.3, 0.4) is 0 Å². The molecule has 6 nitrogen and oxygen atoms in total. The van der Waals surface area contributed by atoms with E-state index in [1.165, 1.54) is 12.4 Å². The van der Waals surface area contributed by atoms with Crippen LogP contribution < -0.4 is 5.32 Å². The molecule has 0 fully saturated rings.